The molecule has 9 nitrogen and oxygen atoms in total. The highest BCUT2D eigenvalue weighted by Crippen LogP contribution is 2.32. The molecule has 172 valence electrons. The van der Waals surface area contributed by atoms with Gasteiger partial charge in [0.05, 0.1) is 10.6 Å². The van der Waals surface area contributed by atoms with Crippen LogP contribution in [0.15, 0.2) is 56.7 Å². The summed E-state index contributed by atoms with van der Waals surface area (Å²) in [6.45, 7) is 6.09. The fourth-order valence-electron chi connectivity index (χ4n) is 3.30. The highest BCUT2D eigenvalue weighted by atomic mass is 32.2. The Balaban J connectivity index is 1.66. The topological polar surface area (TPSA) is 125 Å². The van der Waals surface area contributed by atoms with E-state index in [9.17, 15) is 21.6 Å². The number of nitrogens with one attached hydrogen (secondary N) is 2. The third-order valence-corrected chi connectivity index (χ3v) is 7.78. The third-order valence-electron chi connectivity index (χ3n) is 4.91. The Morgan fingerprint density at radius 2 is 1.75 bits per heavy atom. The molecule has 11 heteroatoms. The van der Waals surface area contributed by atoms with Crippen LogP contribution in [0.4, 0.5) is 5.69 Å². The molecule has 0 unspecified atom stereocenters. The Bertz CT molecular complexity index is 1250. The normalized spacial score (nSPS) is 15.1. The van der Waals surface area contributed by atoms with Gasteiger partial charge in [-0.2, -0.15) is 8.42 Å². The van der Waals surface area contributed by atoms with Crippen LogP contribution in [0, 0.1) is 6.92 Å². The summed E-state index contributed by atoms with van der Waals surface area (Å²) < 4.78 is 55.8. The number of nitrogens with zero attached hydrogens (tertiary/aromatic N) is 2. The van der Waals surface area contributed by atoms with E-state index >= 15 is 0 Å². The maximum absolute atomic E-state index is 12.5. The molecule has 0 saturated carbocycles. The Labute approximate surface area is 188 Å². The number of benzene rings is 2. The molecule has 2 aromatic carbocycles. The van der Waals surface area contributed by atoms with Crippen LogP contribution in [0.25, 0.3) is 0 Å². The number of rotatable bonds is 8. The van der Waals surface area contributed by atoms with Crippen LogP contribution < -0.4 is 14.9 Å². The Kier molecular flexibility index (Phi) is 7.01. The molecule has 32 heavy (non-hydrogen) atoms. The first-order valence-corrected chi connectivity index (χ1v) is 13.0. The summed E-state index contributed by atoms with van der Waals surface area (Å²) in [5.74, 6) is -0.122. The fraction of sp³-hybridized carbons (Fsp3) is 0.333. The van der Waals surface area contributed by atoms with E-state index in [4.69, 9.17) is 0 Å². The fourth-order valence-corrected chi connectivity index (χ4v) is 5.60. The van der Waals surface area contributed by atoms with E-state index in [2.05, 4.69) is 14.4 Å². The number of carbonyl (C=O) groups excluding carboxylic acids is 1. The minimum absolute atomic E-state index is 0.0149. The van der Waals surface area contributed by atoms with E-state index in [-0.39, 0.29) is 28.4 Å². The van der Waals surface area contributed by atoms with Crippen LogP contribution in [0.3, 0.4) is 0 Å². The average molecular weight is 479 g/mol. The van der Waals surface area contributed by atoms with Crippen LogP contribution >= 0.6 is 0 Å². The molecule has 1 aliphatic heterocycles. The number of aryl methyl sites for hydroxylation is 1. The highest BCUT2D eigenvalue weighted by Gasteiger charge is 2.29. The van der Waals surface area contributed by atoms with Crippen molar-refractivity contribution in [2.24, 2.45) is 4.40 Å². The summed E-state index contributed by atoms with van der Waals surface area (Å²) in [4.78, 5) is 14.4. The molecule has 0 radical (unpaired) electrons. The SMILES string of the molecule is CCCN1C(C)=NS(=O)(=O)c2cc(C(=O)NCCNS(=O)(=O)c3ccc(C)cc3)ccc21. The third kappa shape index (κ3) is 5.17. The lowest BCUT2D eigenvalue weighted by Crippen LogP contribution is -2.36. The Morgan fingerprint density at radius 3 is 2.41 bits per heavy atom. The number of anilines is 1. The summed E-state index contributed by atoms with van der Waals surface area (Å²) in [5, 5.41) is 2.60. The van der Waals surface area contributed by atoms with Gasteiger partial charge < -0.3 is 10.2 Å². The van der Waals surface area contributed by atoms with Gasteiger partial charge in [0.2, 0.25) is 10.0 Å². The van der Waals surface area contributed by atoms with Crippen LogP contribution in [-0.2, 0) is 20.0 Å². The second kappa shape index (κ2) is 9.39. The molecule has 0 saturated heterocycles. The van der Waals surface area contributed by atoms with Crippen molar-refractivity contribution in [1.29, 1.82) is 0 Å². The number of hydrogen-bond donors (Lipinski definition) is 2. The van der Waals surface area contributed by atoms with E-state index in [1.54, 1.807) is 36.1 Å². The molecule has 1 aliphatic rings. The van der Waals surface area contributed by atoms with Crippen molar-refractivity contribution in [2.45, 2.75) is 37.0 Å². The predicted octanol–water partition coefficient (Wildman–Crippen LogP) is 2.04. The minimum Gasteiger partial charge on any atom is -0.351 e. The van der Waals surface area contributed by atoms with E-state index in [1.165, 1.54) is 18.2 Å². The van der Waals surface area contributed by atoms with Gasteiger partial charge in [-0.3, -0.25) is 4.79 Å². The number of carbonyl (C=O) groups is 1. The molecule has 2 N–H and O–H groups in total. The lowest BCUT2D eigenvalue weighted by Gasteiger charge is -2.29. The largest absolute Gasteiger partial charge is 0.351 e. The van der Waals surface area contributed by atoms with Crippen molar-refractivity contribution >= 4 is 37.5 Å². The van der Waals surface area contributed by atoms with Gasteiger partial charge in [0.1, 0.15) is 10.7 Å². The summed E-state index contributed by atoms with van der Waals surface area (Å²) >= 11 is 0. The van der Waals surface area contributed by atoms with Crippen molar-refractivity contribution in [3.05, 3.63) is 53.6 Å². The first-order chi connectivity index (χ1) is 15.0. The van der Waals surface area contributed by atoms with Gasteiger partial charge in [0.25, 0.3) is 15.9 Å². The zero-order valence-corrected chi connectivity index (χ0v) is 19.8. The second-order valence-corrected chi connectivity index (χ2v) is 10.8. The first-order valence-electron chi connectivity index (χ1n) is 10.1. The molecule has 3 rings (SSSR count). The summed E-state index contributed by atoms with van der Waals surface area (Å²) in [6.07, 6.45) is 0.799. The quantitative estimate of drug-likeness (QED) is 0.560. The van der Waals surface area contributed by atoms with Crippen molar-refractivity contribution < 1.29 is 21.6 Å². The standard InChI is InChI=1S/C21H26N4O5S2/c1-4-13-25-16(3)24-32(29,30)20-14-17(7-10-19(20)25)21(26)22-11-12-23-31(27,28)18-8-5-15(2)6-9-18/h5-10,14,23H,4,11-13H2,1-3H3,(H,22,26). The lowest BCUT2D eigenvalue weighted by atomic mass is 10.1. The average Bonchev–Trinajstić information content (AvgIpc) is 2.74. The summed E-state index contributed by atoms with van der Waals surface area (Å²) in [5.41, 5.74) is 1.59. The maximum atomic E-state index is 12.5. The van der Waals surface area contributed by atoms with E-state index in [1.807, 2.05) is 13.8 Å². The van der Waals surface area contributed by atoms with Crippen molar-refractivity contribution in [2.75, 3.05) is 24.5 Å². The zero-order chi connectivity index (χ0) is 23.5. The molecule has 0 spiro atoms. The zero-order valence-electron chi connectivity index (χ0n) is 18.1. The van der Waals surface area contributed by atoms with Gasteiger partial charge in [0, 0.05) is 25.2 Å². The van der Waals surface area contributed by atoms with Crippen molar-refractivity contribution in [1.82, 2.24) is 10.0 Å². The monoisotopic (exact) mass is 478 g/mol. The molecule has 0 bridgehead atoms. The van der Waals surface area contributed by atoms with Gasteiger partial charge in [-0.05, 0) is 50.6 Å². The second-order valence-electron chi connectivity index (χ2n) is 7.41. The van der Waals surface area contributed by atoms with Gasteiger partial charge in [-0.15, -0.1) is 4.40 Å². The van der Waals surface area contributed by atoms with Crippen molar-refractivity contribution in [3.63, 3.8) is 0 Å². The molecule has 0 atom stereocenters. The van der Waals surface area contributed by atoms with E-state index < -0.39 is 26.0 Å². The molecular weight excluding hydrogens is 452 g/mol. The van der Waals surface area contributed by atoms with Gasteiger partial charge in [-0.25, -0.2) is 13.1 Å². The predicted molar refractivity (Wildman–Crippen MR) is 123 cm³/mol. The Morgan fingerprint density at radius 1 is 1.06 bits per heavy atom. The molecule has 0 aromatic heterocycles. The molecule has 2 aromatic rings. The molecular formula is C21H26N4O5S2. The molecule has 0 fully saturated rings. The molecule has 0 aliphatic carbocycles. The number of sulfonamides is 2. The summed E-state index contributed by atoms with van der Waals surface area (Å²) in [7, 11) is -7.59. The molecule has 1 heterocycles. The molecule has 1 amide bonds. The number of amides is 1. The van der Waals surface area contributed by atoms with Crippen LogP contribution in [0.1, 0.15) is 36.2 Å². The minimum atomic E-state index is -3.90. The lowest BCUT2D eigenvalue weighted by molar-refractivity contribution is 0.0954. The van der Waals surface area contributed by atoms with Gasteiger partial charge >= 0.3 is 0 Å². The number of hydrogen-bond acceptors (Lipinski definition) is 6. The highest BCUT2D eigenvalue weighted by molar-refractivity contribution is 7.90. The summed E-state index contributed by atoms with van der Waals surface area (Å²) in [6, 6.07) is 10.9. The Hall–Kier alpha value is -2.76. The number of fused-ring (bicyclic) bond motifs is 1. The van der Waals surface area contributed by atoms with Gasteiger partial charge in [-0.1, -0.05) is 24.6 Å². The van der Waals surface area contributed by atoms with Crippen LogP contribution in [0.5, 0.6) is 0 Å². The number of amidine groups is 1. The van der Waals surface area contributed by atoms with Crippen LogP contribution in [0.2, 0.25) is 0 Å². The maximum Gasteiger partial charge on any atom is 0.286 e. The van der Waals surface area contributed by atoms with Gasteiger partial charge in [0.15, 0.2) is 0 Å². The van der Waals surface area contributed by atoms with E-state index in [0.29, 0.717) is 18.1 Å². The van der Waals surface area contributed by atoms with Crippen molar-refractivity contribution in [3.8, 4) is 0 Å². The smallest absolute Gasteiger partial charge is 0.286 e. The van der Waals surface area contributed by atoms with Crippen LogP contribution in [-0.4, -0.2) is 48.2 Å². The first kappa shape index (κ1) is 23.9. The van der Waals surface area contributed by atoms with E-state index in [0.717, 1.165) is 12.0 Å².